The van der Waals surface area contributed by atoms with E-state index in [0.29, 0.717) is 24.0 Å². The summed E-state index contributed by atoms with van der Waals surface area (Å²) in [5.74, 6) is 1.16. The average Bonchev–Trinajstić information content (AvgIpc) is 2.84. The maximum Gasteiger partial charge on any atom is 0.333 e. The van der Waals surface area contributed by atoms with Gasteiger partial charge in [-0.05, 0) is 31.1 Å². The van der Waals surface area contributed by atoms with Crippen LogP contribution in [0.1, 0.15) is 13.3 Å². The monoisotopic (exact) mass is 222 g/mol. The van der Waals surface area contributed by atoms with Crippen molar-refractivity contribution < 1.29 is 14.6 Å². The Morgan fingerprint density at radius 2 is 2.06 bits per heavy atom. The van der Waals surface area contributed by atoms with Crippen molar-refractivity contribution in [3.8, 4) is 0 Å². The van der Waals surface area contributed by atoms with Gasteiger partial charge in [0.2, 0.25) is 0 Å². The third-order valence-corrected chi connectivity index (χ3v) is 3.77. The second-order valence-corrected chi connectivity index (χ2v) is 4.84. The number of carbonyl (C=O) groups excluding carboxylic acids is 1. The standard InChI is InChI=1S/C13H18O3/c1-8(2)13(15)16-7-12-10-4-3-9(5-10)11(12)6-14/h3-4,9-12,14H,1,5-7H2,2H3. The molecule has 2 aliphatic carbocycles. The van der Waals surface area contributed by atoms with E-state index in [2.05, 4.69) is 18.7 Å². The summed E-state index contributed by atoms with van der Waals surface area (Å²) in [4.78, 5) is 11.3. The van der Waals surface area contributed by atoms with Gasteiger partial charge < -0.3 is 9.84 Å². The Kier molecular flexibility index (Phi) is 3.15. The quantitative estimate of drug-likeness (QED) is 0.446. The van der Waals surface area contributed by atoms with Crippen LogP contribution in [0.5, 0.6) is 0 Å². The molecule has 2 aliphatic rings. The smallest absolute Gasteiger partial charge is 0.333 e. The van der Waals surface area contributed by atoms with E-state index in [1.54, 1.807) is 6.92 Å². The predicted molar refractivity (Wildman–Crippen MR) is 60.6 cm³/mol. The largest absolute Gasteiger partial charge is 0.462 e. The predicted octanol–water partition coefficient (Wildman–Crippen LogP) is 1.54. The fourth-order valence-corrected chi connectivity index (χ4v) is 2.84. The van der Waals surface area contributed by atoms with Crippen LogP contribution in [0.2, 0.25) is 0 Å². The highest BCUT2D eigenvalue weighted by Crippen LogP contribution is 2.47. The number of allylic oxidation sites excluding steroid dienone is 2. The third kappa shape index (κ3) is 1.92. The van der Waals surface area contributed by atoms with Crippen LogP contribution in [-0.2, 0) is 9.53 Å². The Bertz CT molecular complexity index is 332. The van der Waals surface area contributed by atoms with Crippen LogP contribution in [0.25, 0.3) is 0 Å². The zero-order chi connectivity index (χ0) is 11.7. The number of carbonyl (C=O) groups is 1. The molecule has 3 heteroatoms. The van der Waals surface area contributed by atoms with Crippen LogP contribution in [0.15, 0.2) is 24.3 Å². The molecule has 4 unspecified atom stereocenters. The first-order valence-electron chi connectivity index (χ1n) is 5.75. The Morgan fingerprint density at radius 1 is 1.44 bits per heavy atom. The van der Waals surface area contributed by atoms with E-state index in [4.69, 9.17) is 4.74 Å². The molecule has 1 fully saturated rings. The number of fused-ring (bicyclic) bond motifs is 2. The number of aliphatic hydroxyl groups is 1. The molecule has 4 atom stereocenters. The van der Waals surface area contributed by atoms with Crippen LogP contribution in [0, 0.1) is 23.7 Å². The Hall–Kier alpha value is -1.09. The highest BCUT2D eigenvalue weighted by atomic mass is 16.5. The second kappa shape index (κ2) is 4.42. The van der Waals surface area contributed by atoms with Gasteiger partial charge in [0.25, 0.3) is 0 Å². The van der Waals surface area contributed by atoms with Crippen molar-refractivity contribution in [2.75, 3.05) is 13.2 Å². The summed E-state index contributed by atoms with van der Waals surface area (Å²) in [7, 11) is 0. The van der Waals surface area contributed by atoms with E-state index in [-0.39, 0.29) is 24.4 Å². The lowest BCUT2D eigenvalue weighted by atomic mass is 9.84. The third-order valence-electron chi connectivity index (χ3n) is 3.77. The highest BCUT2D eigenvalue weighted by Gasteiger charge is 2.44. The van der Waals surface area contributed by atoms with Gasteiger partial charge in [0.1, 0.15) is 0 Å². The van der Waals surface area contributed by atoms with E-state index in [1.165, 1.54) is 0 Å². The fourth-order valence-electron chi connectivity index (χ4n) is 2.84. The number of aliphatic hydroxyl groups excluding tert-OH is 1. The molecule has 2 rings (SSSR count). The van der Waals surface area contributed by atoms with E-state index in [0.717, 1.165) is 6.42 Å². The molecule has 0 saturated heterocycles. The molecular formula is C13H18O3. The maximum absolute atomic E-state index is 11.3. The lowest BCUT2D eigenvalue weighted by Gasteiger charge is -2.25. The van der Waals surface area contributed by atoms with Crippen molar-refractivity contribution in [2.45, 2.75) is 13.3 Å². The molecule has 0 amide bonds. The molecule has 88 valence electrons. The lowest BCUT2D eigenvalue weighted by Crippen LogP contribution is -2.28. The molecule has 0 radical (unpaired) electrons. The Morgan fingerprint density at radius 3 is 2.62 bits per heavy atom. The van der Waals surface area contributed by atoms with Crippen molar-refractivity contribution in [2.24, 2.45) is 23.7 Å². The summed E-state index contributed by atoms with van der Waals surface area (Å²) in [5.41, 5.74) is 0.430. The van der Waals surface area contributed by atoms with Crippen LogP contribution in [-0.4, -0.2) is 24.3 Å². The van der Waals surface area contributed by atoms with Gasteiger partial charge in [0.15, 0.2) is 0 Å². The number of hydrogen-bond acceptors (Lipinski definition) is 3. The highest BCUT2D eigenvalue weighted by molar-refractivity contribution is 5.86. The molecule has 1 saturated carbocycles. The van der Waals surface area contributed by atoms with Gasteiger partial charge in [0, 0.05) is 18.1 Å². The molecule has 3 nitrogen and oxygen atoms in total. The minimum atomic E-state index is -0.330. The average molecular weight is 222 g/mol. The van der Waals surface area contributed by atoms with E-state index in [1.807, 2.05) is 0 Å². The summed E-state index contributed by atoms with van der Waals surface area (Å²) < 4.78 is 5.19. The van der Waals surface area contributed by atoms with Crippen LogP contribution < -0.4 is 0 Å². The van der Waals surface area contributed by atoms with Crippen LogP contribution in [0.4, 0.5) is 0 Å². The summed E-state index contributed by atoms with van der Waals surface area (Å²) >= 11 is 0. The van der Waals surface area contributed by atoms with Gasteiger partial charge in [-0.25, -0.2) is 4.79 Å². The van der Waals surface area contributed by atoms with Crippen molar-refractivity contribution in [3.63, 3.8) is 0 Å². The minimum Gasteiger partial charge on any atom is -0.462 e. The second-order valence-electron chi connectivity index (χ2n) is 4.84. The summed E-state index contributed by atoms with van der Waals surface area (Å²) in [6, 6.07) is 0. The molecule has 0 spiro atoms. The molecular weight excluding hydrogens is 204 g/mol. The molecule has 1 N–H and O–H groups in total. The molecule has 0 heterocycles. The molecule has 0 aromatic carbocycles. The van der Waals surface area contributed by atoms with Gasteiger partial charge in [-0.3, -0.25) is 0 Å². The number of hydrogen-bond donors (Lipinski definition) is 1. The van der Waals surface area contributed by atoms with Gasteiger partial charge in [-0.2, -0.15) is 0 Å². The molecule has 0 aromatic heterocycles. The molecule has 16 heavy (non-hydrogen) atoms. The molecule has 0 aromatic rings. The fraction of sp³-hybridized carbons (Fsp3) is 0.615. The topological polar surface area (TPSA) is 46.5 Å². The maximum atomic E-state index is 11.3. The summed E-state index contributed by atoms with van der Waals surface area (Å²) in [5, 5.41) is 9.34. The zero-order valence-electron chi connectivity index (χ0n) is 9.56. The summed E-state index contributed by atoms with van der Waals surface area (Å²) in [6.07, 6.45) is 5.47. The van der Waals surface area contributed by atoms with Crippen molar-refractivity contribution in [1.29, 1.82) is 0 Å². The molecule has 2 bridgehead atoms. The van der Waals surface area contributed by atoms with Gasteiger partial charge in [-0.15, -0.1) is 0 Å². The van der Waals surface area contributed by atoms with Gasteiger partial charge in [0.05, 0.1) is 6.61 Å². The Balaban J connectivity index is 1.92. The normalized spacial score (nSPS) is 35.4. The van der Waals surface area contributed by atoms with Crippen molar-refractivity contribution in [3.05, 3.63) is 24.3 Å². The first-order valence-corrected chi connectivity index (χ1v) is 5.75. The Labute approximate surface area is 95.8 Å². The first kappa shape index (κ1) is 11.4. The molecule has 0 aliphatic heterocycles. The van der Waals surface area contributed by atoms with E-state index in [9.17, 15) is 9.90 Å². The number of esters is 1. The SMILES string of the molecule is C=C(C)C(=O)OCC1C2C=CC(C2)C1CO. The van der Waals surface area contributed by atoms with Gasteiger partial charge >= 0.3 is 5.97 Å². The first-order chi connectivity index (χ1) is 7.63. The van der Waals surface area contributed by atoms with E-state index >= 15 is 0 Å². The van der Waals surface area contributed by atoms with E-state index < -0.39 is 0 Å². The zero-order valence-corrected chi connectivity index (χ0v) is 9.56. The number of ether oxygens (including phenoxy) is 1. The number of rotatable bonds is 4. The van der Waals surface area contributed by atoms with Gasteiger partial charge in [-0.1, -0.05) is 18.7 Å². The minimum absolute atomic E-state index is 0.181. The van der Waals surface area contributed by atoms with Crippen LogP contribution >= 0.6 is 0 Å². The van der Waals surface area contributed by atoms with Crippen molar-refractivity contribution in [1.82, 2.24) is 0 Å². The van der Waals surface area contributed by atoms with Crippen LogP contribution in [0.3, 0.4) is 0 Å². The van der Waals surface area contributed by atoms with Crippen molar-refractivity contribution >= 4 is 5.97 Å². The summed E-state index contributed by atoms with van der Waals surface area (Å²) in [6.45, 7) is 5.78. The lowest BCUT2D eigenvalue weighted by molar-refractivity contribution is -0.141.